The number of ether oxygens (including phenoxy) is 1. The number of halogens is 3. The fraction of sp³-hybridized carbons (Fsp3) is 0.0833. The number of rotatable bonds is 3. The van der Waals surface area contributed by atoms with Gasteiger partial charge in [-0.1, -0.05) is 27.5 Å². The Hall–Kier alpha value is -0.620. The first-order valence-corrected chi connectivity index (χ1v) is 6.94. The molecule has 0 bridgehead atoms. The summed E-state index contributed by atoms with van der Waals surface area (Å²) in [4.78, 5) is 4.05. The van der Waals surface area contributed by atoms with Gasteiger partial charge >= 0.3 is 0 Å². The number of aromatic nitrogens is 1. The van der Waals surface area contributed by atoms with Gasteiger partial charge in [0.05, 0.1) is 16.1 Å². The largest absolute Gasteiger partial charge is 0.438 e. The van der Waals surface area contributed by atoms with Crippen LogP contribution in [0.15, 0.2) is 39.4 Å². The van der Waals surface area contributed by atoms with Crippen LogP contribution in [0, 0.1) is 0 Å². The Bertz CT molecular complexity index is 578. The second kappa shape index (κ2) is 6.02. The molecule has 3 nitrogen and oxygen atoms in total. The molecule has 2 aromatic rings. The summed E-state index contributed by atoms with van der Waals surface area (Å²) in [5.41, 5.74) is 0.579. The van der Waals surface area contributed by atoms with E-state index in [-0.39, 0.29) is 6.61 Å². The summed E-state index contributed by atoms with van der Waals surface area (Å²) in [7, 11) is 0. The zero-order chi connectivity index (χ0) is 13.1. The smallest absolute Gasteiger partial charge is 0.219 e. The summed E-state index contributed by atoms with van der Waals surface area (Å²) >= 11 is 12.6. The summed E-state index contributed by atoms with van der Waals surface area (Å²) in [5.74, 6) is 1.02. The molecule has 0 aliphatic carbocycles. The molecule has 0 saturated carbocycles. The van der Waals surface area contributed by atoms with Gasteiger partial charge in [-0.25, -0.2) is 4.98 Å². The fourth-order valence-corrected chi connectivity index (χ4v) is 2.60. The quantitative estimate of drug-likeness (QED) is 0.832. The van der Waals surface area contributed by atoms with Gasteiger partial charge in [0.25, 0.3) is 0 Å². The molecule has 0 saturated heterocycles. The Morgan fingerprint density at radius 2 is 2.06 bits per heavy atom. The minimum Gasteiger partial charge on any atom is -0.438 e. The molecule has 0 fully saturated rings. The van der Waals surface area contributed by atoms with Gasteiger partial charge in [-0.15, -0.1) is 0 Å². The molecular formula is C12H8Br2ClNO2. The first-order chi connectivity index (χ1) is 8.60. The molecular weight excluding hydrogens is 385 g/mol. The molecule has 18 heavy (non-hydrogen) atoms. The Labute approximate surface area is 126 Å². The van der Waals surface area contributed by atoms with Gasteiger partial charge in [0.15, 0.2) is 0 Å². The lowest BCUT2D eigenvalue weighted by Gasteiger charge is -2.08. The molecule has 0 radical (unpaired) electrons. The Balaban J connectivity index is 2.28. The van der Waals surface area contributed by atoms with Gasteiger partial charge in [0.1, 0.15) is 5.75 Å². The van der Waals surface area contributed by atoms with Gasteiger partial charge in [-0.05, 0) is 34.1 Å². The van der Waals surface area contributed by atoms with E-state index < -0.39 is 0 Å². The van der Waals surface area contributed by atoms with Crippen molar-refractivity contribution in [2.24, 2.45) is 0 Å². The van der Waals surface area contributed by atoms with Crippen molar-refractivity contribution in [3.05, 3.63) is 50.0 Å². The van der Waals surface area contributed by atoms with Gasteiger partial charge < -0.3 is 9.84 Å². The summed E-state index contributed by atoms with van der Waals surface area (Å²) in [5, 5.41) is 9.53. The summed E-state index contributed by atoms with van der Waals surface area (Å²) < 4.78 is 7.36. The number of aliphatic hydroxyl groups excluding tert-OH is 1. The van der Waals surface area contributed by atoms with E-state index in [1.54, 1.807) is 6.07 Å². The highest BCUT2D eigenvalue weighted by molar-refractivity contribution is 9.11. The van der Waals surface area contributed by atoms with Crippen molar-refractivity contribution in [3.63, 3.8) is 0 Å². The van der Waals surface area contributed by atoms with Crippen LogP contribution in [0.5, 0.6) is 11.6 Å². The van der Waals surface area contributed by atoms with Crippen LogP contribution in [0.1, 0.15) is 5.56 Å². The molecule has 2 rings (SSSR count). The molecule has 0 atom stereocenters. The molecule has 1 heterocycles. The molecule has 6 heteroatoms. The van der Waals surface area contributed by atoms with Gasteiger partial charge in [0.2, 0.25) is 5.88 Å². The van der Waals surface area contributed by atoms with E-state index in [4.69, 9.17) is 21.4 Å². The van der Waals surface area contributed by atoms with E-state index in [1.807, 2.05) is 18.2 Å². The van der Waals surface area contributed by atoms with E-state index >= 15 is 0 Å². The minimum absolute atomic E-state index is 0.154. The lowest BCUT2D eigenvalue weighted by atomic mass is 10.3. The summed E-state index contributed by atoms with van der Waals surface area (Å²) in [6, 6.07) is 7.15. The first kappa shape index (κ1) is 13.8. The van der Waals surface area contributed by atoms with Crippen molar-refractivity contribution in [2.75, 3.05) is 0 Å². The highest BCUT2D eigenvalue weighted by Gasteiger charge is 2.07. The van der Waals surface area contributed by atoms with Crippen molar-refractivity contribution < 1.29 is 9.84 Å². The average molecular weight is 393 g/mol. The minimum atomic E-state index is -0.154. The van der Waals surface area contributed by atoms with Gasteiger partial charge in [0, 0.05) is 22.3 Å². The maximum absolute atomic E-state index is 9.12. The Morgan fingerprint density at radius 3 is 2.72 bits per heavy atom. The van der Waals surface area contributed by atoms with Crippen LogP contribution in [0.25, 0.3) is 0 Å². The lowest BCUT2D eigenvalue weighted by Crippen LogP contribution is -1.92. The zero-order valence-corrected chi connectivity index (χ0v) is 13.0. The van der Waals surface area contributed by atoms with Crippen molar-refractivity contribution in [1.82, 2.24) is 4.98 Å². The number of hydrogen-bond acceptors (Lipinski definition) is 3. The number of benzene rings is 1. The van der Waals surface area contributed by atoms with Crippen LogP contribution in [0.4, 0.5) is 0 Å². The predicted molar refractivity (Wildman–Crippen MR) is 77.1 cm³/mol. The van der Waals surface area contributed by atoms with Crippen LogP contribution in [-0.2, 0) is 6.61 Å². The SMILES string of the molecule is OCc1cc(Oc2ccc(Br)cc2Br)ncc1Cl. The lowest BCUT2D eigenvalue weighted by molar-refractivity contribution is 0.281. The van der Waals surface area contributed by atoms with Crippen molar-refractivity contribution in [3.8, 4) is 11.6 Å². The maximum atomic E-state index is 9.12. The molecule has 94 valence electrons. The standard InChI is InChI=1S/C12H8Br2ClNO2/c13-8-1-2-11(9(14)4-8)18-12-3-7(6-17)10(15)5-16-12/h1-5,17H,6H2. The van der Waals surface area contributed by atoms with E-state index in [1.165, 1.54) is 6.20 Å². The zero-order valence-electron chi connectivity index (χ0n) is 9.03. The Kier molecular flexibility index (Phi) is 4.61. The normalized spacial score (nSPS) is 10.4. The molecule has 0 aliphatic rings. The number of pyridine rings is 1. The third kappa shape index (κ3) is 3.23. The van der Waals surface area contributed by atoms with Crippen LogP contribution in [0.2, 0.25) is 5.02 Å². The predicted octanol–water partition coefficient (Wildman–Crippen LogP) is 4.54. The third-order valence-corrected chi connectivity index (χ3v) is 3.64. The molecule has 1 aromatic carbocycles. The average Bonchev–Trinajstić information content (AvgIpc) is 2.35. The van der Waals surface area contributed by atoms with E-state index in [2.05, 4.69) is 36.8 Å². The summed E-state index contributed by atoms with van der Waals surface area (Å²) in [6.45, 7) is -0.154. The molecule has 0 amide bonds. The summed E-state index contributed by atoms with van der Waals surface area (Å²) in [6.07, 6.45) is 1.45. The van der Waals surface area contributed by atoms with Crippen LogP contribution in [0.3, 0.4) is 0 Å². The maximum Gasteiger partial charge on any atom is 0.219 e. The van der Waals surface area contributed by atoms with Crippen LogP contribution < -0.4 is 4.74 Å². The number of hydrogen-bond donors (Lipinski definition) is 1. The molecule has 1 aromatic heterocycles. The third-order valence-electron chi connectivity index (χ3n) is 2.19. The topological polar surface area (TPSA) is 42.4 Å². The number of nitrogens with zero attached hydrogens (tertiary/aromatic N) is 1. The molecule has 0 aliphatic heterocycles. The van der Waals surface area contributed by atoms with Crippen molar-refractivity contribution in [1.29, 1.82) is 0 Å². The van der Waals surface area contributed by atoms with Crippen molar-refractivity contribution >= 4 is 43.5 Å². The van der Waals surface area contributed by atoms with E-state index in [9.17, 15) is 0 Å². The molecule has 0 spiro atoms. The highest BCUT2D eigenvalue weighted by Crippen LogP contribution is 2.32. The van der Waals surface area contributed by atoms with Crippen LogP contribution >= 0.6 is 43.5 Å². The van der Waals surface area contributed by atoms with Crippen molar-refractivity contribution in [2.45, 2.75) is 6.61 Å². The van der Waals surface area contributed by atoms with E-state index in [0.717, 1.165) is 8.95 Å². The molecule has 1 N–H and O–H groups in total. The van der Waals surface area contributed by atoms with Gasteiger partial charge in [-0.2, -0.15) is 0 Å². The van der Waals surface area contributed by atoms with Crippen LogP contribution in [-0.4, -0.2) is 10.1 Å². The second-order valence-corrected chi connectivity index (χ2v) is 5.63. The highest BCUT2D eigenvalue weighted by atomic mass is 79.9. The van der Waals surface area contributed by atoms with E-state index in [0.29, 0.717) is 22.2 Å². The Morgan fingerprint density at radius 1 is 1.28 bits per heavy atom. The molecule has 0 unspecified atom stereocenters. The first-order valence-electron chi connectivity index (χ1n) is 4.98. The fourth-order valence-electron chi connectivity index (χ4n) is 1.31. The number of aliphatic hydroxyl groups is 1. The monoisotopic (exact) mass is 391 g/mol. The van der Waals surface area contributed by atoms with Gasteiger partial charge in [-0.3, -0.25) is 0 Å². The second-order valence-electron chi connectivity index (χ2n) is 3.45.